The average Bonchev–Trinajstić information content (AvgIpc) is 2.69. The second-order valence-electron chi connectivity index (χ2n) is 6.74. The molecule has 0 aliphatic rings. The lowest BCUT2D eigenvalue weighted by Gasteiger charge is -2.25. The zero-order valence-electron chi connectivity index (χ0n) is 16.5. The molecule has 0 spiro atoms. The highest BCUT2D eigenvalue weighted by Gasteiger charge is 2.28. The van der Waals surface area contributed by atoms with Crippen molar-refractivity contribution in [1.82, 2.24) is 16.0 Å². The largest absolute Gasteiger partial charge is 0.508 e. The van der Waals surface area contributed by atoms with Crippen LogP contribution < -0.4 is 21.7 Å². The SMILES string of the molecule is CCC(C)C(NC(=O)C(N)Cc1ccc(O)cc1)C(=O)NCC(=O)NCC(=O)O. The molecule has 0 aliphatic carbocycles. The summed E-state index contributed by atoms with van der Waals surface area (Å²) in [5.41, 5.74) is 6.70. The third kappa shape index (κ3) is 8.60. The van der Waals surface area contributed by atoms with Gasteiger partial charge >= 0.3 is 5.97 Å². The van der Waals surface area contributed by atoms with Crippen LogP contribution in [0.4, 0.5) is 0 Å². The molecular formula is C19H28N4O6. The van der Waals surface area contributed by atoms with E-state index in [1.165, 1.54) is 12.1 Å². The number of carboxylic acid groups (broad SMARTS) is 1. The van der Waals surface area contributed by atoms with Gasteiger partial charge in [-0.3, -0.25) is 19.2 Å². The van der Waals surface area contributed by atoms with E-state index >= 15 is 0 Å². The second-order valence-corrected chi connectivity index (χ2v) is 6.74. The second kappa shape index (κ2) is 11.6. The molecule has 0 aromatic heterocycles. The minimum Gasteiger partial charge on any atom is -0.508 e. The fourth-order valence-electron chi connectivity index (χ4n) is 2.45. The van der Waals surface area contributed by atoms with Crippen molar-refractivity contribution in [2.75, 3.05) is 13.1 Å². The van der Waals surface area contributed by atoms with Gasteiger partial charge in [-0.05, 0) is 30.0 Å². The van der Waals surface area contributed by atoms with Gasteiger partial charge in [0, 0.05) is 0 Å². The number of carbonyl (C=O) groups is 4. The number of phenols is 1. The van der Waals surface area contributed by atoms with E-state index in [0.29, 0.717) is 6.42 Å². The summed E-state index contributed by atoms with van der Waals surface area (Å²) in [7, 11) is 0. The molecule has 1 rings (SSSR count). The average molecular weight is 408 g/mol. The van der Waals surface area contributed by atoms with E-state index < -0.39 is 48.9 Å². The number of benzene rings is 1. The predicted octanol–water partition coefficient (Wildman–Crippen LogP) is -0.890. The van der Waals surface area contributed by atoms with E-state index in [4.69, 9.17) is 10.8 Å². The topological polar surface area (TPSA) is 171 Å². The van der Waals surface area contributed by atoms with Gasteiger partial charge in [-0.1, -0.05) is 32.4 Å². The minimum atomic E-state index is -1.20. The highest BCUT2D eigenvalue weighted by molar-refractivity contribution is 5.92. The standard InChI is InChI=1S/C19H28N4O6/c1-3-11(2)17(19(29)22-9-15(25)21-10-16(26)27)23-18(28)14(20)8-12-4-6-13(24)7-5-12/h4-7,11,14,17,24H,3,8-10,20H2,1-2H3,(H,21,25)(H,22,29)(H,23,28)(H,26,27). The number of phenolic OH excluding ortho intramolecular Hbond substituents is 1. The van der Waals surface area contributed by atoms with E-state index in [2.05, 4.69) is 16.0 Å². The Morgan fingerprint density at radius 1 is 1.03 bits per heavy atom. The van der Waals surface area contributed by atoms with Gasteiger partial charge in [0.15, 0.2) is 0 Å². The number of carbonyl (C=O) groups excluding carboxylic acids is 3. The van der Waals surface area contributed by atoms with Crippen molar-refractivity contribution in [2.45, 2.75) is 38.8 Å². The minimum absolute atomic E-state index is 0.104. The Bertz CT molecular complexity index is 722. The van der Waals surface area contributed by atoms with E-state index in [1.54, 1.807) is 19.1 Å². The van der Waals surface area contributed by atoms with Crippen molar-refractivity contribution in [3.05, 3.63) is 29.8 Å². The summed E-state index contributed by atoms with van der Waals surface area (Å²) in [5, 5.41) is 25.0. The zero-order chi connectivity index (χ0) is 22.0. The number of hydrogen-bond donors (Lipinski definition) is 6. The molecule has 3 atom stereocenters. The zero-order valence-corrected chi connectivity index (χ0v) is 16.5. The Hall–Kier alpha value is -3.14. The summed E-state index contributed by atoms with van der Waals surface area (Å²) in [6, 6.07) is 4.48. The van der Waals surface area contributed by atoms with Crippen molar-refractivity contribution in [2.24, 2.45) is 11.7 Å². The Morgan fingerprint density at radius 3 is 2.21 bits per heavy atom. The lowest BCUT2D eigenvalue weighted by molar-refractivity contribution is -0.138. The van der Waals surface area contributed by atoms with Crippen molar-refractivity contribution < 1.29 is 29.4 Å². The summed E-state index contributed by atoms with van der Waals surface area (Å²) in [6.45, 7) is 2.67. The Kier molecular flexibility index (Phi) is 9.60. The normalized spacial score (nSPS) is 13.6. The van der Waals surface area contributed by atoms with Crippen molar-refractivity contribution in [1.29, 1.82) is 0 Å². The van der Waals surface area contributed by atoms with Crippen molar-refractivity contribution in [3.8, 4) is 5.75 Å². The molecule has 3 unspecified atom stereocenters. The van der Waals surface area contributed by atoms with Crippen LogP contribution in [-0.4, -0.2) is 59.1 Å². The lowest BCUT2D eigenvalue weighted by atomic mass is 9.97. The molecule has 160 valence electrons. The molecule has 1 aromatic rings. The molecule has 29 heavy (non-hydrogen) atoms. The highest BCUT2D eigenvalue weighted by atomic mass is 16.4. The van der Waals surface area contributed by atoms with Crippen LogP contribution >= 0.6 is 0 Å². The molecule has 0 saturated carbocycles. The lowest BCUT2D eigenvalue weighted by Crippen LogP contribution is -2.55. The van der Waals surface area contributed by atoms with Crippen LogP contribution in [0.2, 0.25) is 0 Å². The number of carboxylic acids is 1. The van der Waals surface area contributed by atoms with Gasteiger partial charge in [-0.25, -0.2) is 0 Å². The molecule has 10 nitrogen and oxygen atoms in total. The summed E-state index contributed by atoms with van der Waals surface area (Å²) in [5.74, 6) is -3.05. The van der Waals surface area contributed by atoms with Gasteiger partial charge in [0.25, 0.3) is 0 Å². The number of amides is 3. The van der Waals surface area contributed by atoms with Crippen LogP contribution in [0.1, 0.15) is 25.8 Å². The van der Waals surface area contributed by atoms with Gasteiger partial charge in [0.1, 0.15) is 18.3 Å². The first-order chi connectivity index (χ1) is 13.6. The molecule has 10 heteroatoms. The summed E-state index contributed by atoms with van der Waals surface area (Å²) >= 11 is 0. The number of nitrogens with one attached hydrogen (secondary N) is 3. The Labute approximate surface area is 168 Å². The van der Waals surface area contributed by atoms with Gasteiger partial charge in [-0.2, -0.15) is 0 Å². The molecule has 7 N–H and O–H groups in total. The van der Waals surface area contributed by atoms with Crippen molar-refractivity contribution in [3.63, 3.8) is 0 Å². The molecular weight excluding hydrogens is 380 g/mol. The third-order valence-corrected chi connectivity index (χ3v) is 4.38. The maximum absolute atomic E-state index is 12.5. The molecule has 0 radical (unpaired) electrons. The molecule has 3 amide bonds. The van der Waals surface area contributed by atoms with Crippen LogP contribution in [0.3, 0.4) is 0 Å². The van der Waals surface area contributed by atoms with Crippen LogP contribution in [0.15, 0.2) is 24.3 Å². The number of aromatic hydroxyl groups is 1. The predicted molar refractivity (Wildman–Crippen MR) is 105 cm³/mol. The molecule has 0 bridgehead atoms. The fourth-order valence-corrected chi connectivity index (χ4v) is 2.45. The first-order valence-corrected chi connectivity index (χ1v) is 9.24. The van der Waals surface area contributed by atoms with E-state index in [0.717, 1.165) is 5.56 Å². The van der Waals surface area contributed by atoms with E-state index in [1.807, 2.05) is 6.92 Å². The summed E-state index contributed by atoms with van der Waals surface area (Å²) in [4.78, 5) is 46.9. The van der Waals surface area contributed by atoms with E-state index in [9.17, 15) is 24.3 Å². The van der Waals surface area contributed by atoms with E-state index in [-0.39, 0.29) is 18.1 Å². The van der Waals surface area contributed by atoms with Crippen LogP contribution in [0.5, 0.6) is 5.75 Å². The first kappa shape index (κ1) is 23.9. The van der Waals surface area contributed by atoms with Crippen LogP contribution in [-0.2, 0) is 25.6 Å². The quantitative estimate of drug-likeness (QED) is 0.276. The van der Waals surface area contributed by atoms with Gasteiger partial charge in [-0.15, -0.1) is 0 Å². The fraction of sp³-hybridized carbons (Fsp3) is 0.474. The maximum atomic E-state index is 12.5. The van der Waals surface area contributed by atoms with Crippen LogP contribution in [0.25, 0.3) is 0 Å². The molecule has 0 heterocycles. The van der Waals surface area contributed by atoms with Crippen molar-refractivity contribution >= 4 is 23.7 Å². The van der Waals surface area contributed by atoms with Gasteiger partial charge < -0.3 is 31.9 Å². The number of hydrogen-bond acceptors (Lipinski definition) is 6. The smallest absolute Gasteiger partial charge is 0.322 e. The summed E-state index contributed by atoms with van der Waals surface area (Å²) < 4.78 is 0. The molecule has 0 saturated heterocycles. The molecule has 0 fully saturated rings. The Balaban J connectivity index is 2.65. The first-order valence-electron chi connectivity index (χ1n) is 9.24. The highest BCUT2D eigenvalue weighted by Crippen LogP contribution is 2.12. The monoisotopic (exact) mass is 408 g/mol. The maximum Gasteiger partial charge on any atom is 0.322 e. The third-order valence-electron chi connectivity index (χ3n) is 4.38. The number of rotatable bonds is 11. The van der Waals surface area contributed by atoms with Gasteiger partial charge in [0.05, 0.1) is 12.6 Å². The molecule has 1 aromatic carbocycles. The summed E-state index contributed by atoms with van der Waals surface area (Å²) in [6.07, 6.45) is 0.815. The number of aliphatic carboxylic acids is 1. The Morgan fingerprint density at radius 2 is 1.66 bits per heavy atom. The van der Waals surface area contributed by atoms with Gasteiger partial charge in [0.2, 0.25) is 17.7 Å². The molecule has 0 aliphatic heterocycles. The van der Waals surface area contributed by atoms with Crippen LogP contribution in [0, 0.1) is 5.92 Å². The number of nitrogens with two attached hydrogens (primary N) is 1.